The van der Waals surface area contributed by atoms with Gasteiger partial charge in [-0.05, 0) is 46.6 Å². The number of rotatable bonds is 5. The third-order valence-electron chi connectivity index (χ3n) is 3.78. The van der Waals surface area contributed by atoms with E-state index in [9.17, 15) is 9.59 Å². The van der Waals surface area contributed by atoms with Crippen LogP contribution in [-0.4, -0.2) is 30.6 Å². The molecule has 0 aliphatic carbocycles. The van der Waals surface area contributed by atoms with E-state index in [2.05, 4.69) is 21.2 Å². The van der Waals surface area contributed by atoms with E-state index in [1.807, 2.05) is 43.3 Å². The highest BCUT2D eigenvalue weighted by atomic mass is 79.9. The fourth-order valence-corrected chi connectivity index (χ4v) is 3.97. The first-order chi connectivity index (χ1) is 12.1. The van der Waals surface area contributed by atoms with Crippen LogP contribution in [0.4, 0.5) is 11.4 Å². The molecule has 0 fully saturated rings. The molecule has 1 N–H and O–H groups in total. The molecular formula is C18H18BrN3O2S. The van der Waals surface area contributed by atoms with E-state index in [0.717, 1.165) is 20.8 Å². The van der Waals surface area contributed by atoms with Crippen LogP contribution in [0.15, 0.2) is 45.2 Å². The predicted octanol–water partition coefficient (Wildman–Crippen LogP) is 3.89. The molecule has 130 valence electrons. The van der Waals surface area contributed by atoms with Gasteiger partial charge in [-0.1, -0.05) is 19.1 Å². The van der Waals surface area contributed by atoms with Crippen LogP contribution in [0.25, 0.3) is 0 Å². The average Bonchev–Trinajstić information content (AvgIpc) is 2.98. The first-order valence-electron chi connectivity index (χ1n) is 8.08. The number of fused-ring (bicyclic) bond motifs is 1. The minimum atomic E-state index is -0.160. The highest BCUT2D eigenvalue weighted by Crippen LogP contribution is 2.34. The van der Waals surface area contributed by atoms with Crippen molar-refractivity contribution in [3.05, 3.63) is 45.1 Å². The van der Waals surface area contributed by atoms with Gasteiger partial charge in [0.25, 0.3) is 0 Å². The Hall–Kier alpha value is -1.99. The molecule has 1 aliphatic heterocycles. The third kappa shape index (κ3) is 4.16. The number of amides is 2. The zero-order valence-corrected chi connectivity index (χ0v) is 16.2. The number of anilines is 1. The standard InChI is InChI=1S/C18H18BrN3O2S/c1-2-9-20-17(23)11-22-14-6-4-3-5-12(14)21-13(10-18(22)24)15-7-8-16(19)25-15/h3-8H,2,9-11H2,1H3,(H,20,23). The molecular weight excluding hydrogens is 402 g/mol. The fourth-order valence-electron chi connectivity index (χ4n) is 2.59. The highest BCUT2D eigenvalue weighted by molar-refractivity contribution is 9.11. The normalized spacial score (nSPS) is 13.9. The van der Waals surface area contributed by atoms with Crippen LogP contribution >= 0.6 is 27.3 Å². The van der Waals surface area contributed by atoms with Crippen LogP contribution in [0.3, 0.4) is 0 Å². The van der Waals surface area contributed by atoms with Crippen molar-refractivity contribution in [1.82, 2.24) is 5.32 Å². The molecule has 25 heavy (non-hydrogen) atoms. The largest absolute Gasteiger partial charge is 0.355 e. The first-order valence-corrected chi connectivity index (χ1v) is 9.68. The topological polar surface area (TPSA) is 61.8 Å². The Balaban J connectivity index is 1.93. The smallest absolute Gasteiger partial charge is 0.240 e. The summed E-state index contributed by atoms with van der Waals surface area (Å²) in [5.41, 5.74) is 2.10. The van der Waals surface area contributed by atoms with E-state index >= 15 is 0 Å². The fraction of sp³-hybridized carbons (Fsp3) is 0.278. The summed E-state index contributed by atoms with van der Waals surface area (Å²) in [5.74, 6) is -0.285. The van der Waals surface area contributed by atoms with Crippen LogP contribution < -0.4 is 10.2 Å². The molecule has 5 nitrogen and oxygen atoms in total. The van der Waals surface area contributed by atoms with E-state index in [1.54, 1.807) is 11.3 Å². The lowest BCUT2D eigenvalue weighted by Crippen LogP contribution is -2.41. The Labute approximate surface area is 158 Å². The number of carbonyl (C=O) groups is 2. The predicted molar refractivity (Wildman–Crippen MR) is 105 cm³/mol. The number of thiophene rings is 1. The summed E-state index contributed by atoms with van der Waals surface area (Å²) < 4.78 is 0.992. The number of carbonyl (C=O) groups excluding carboxylic acids is 2. The second-order valence-corrected chi connectivity index (χ2v) is 8.12. The molecule has 0 bridgehead atoms. The molecule has 2 heterocycles. The lowest BCUT2D eigenvalue weighted by atomic mass is 10.2. The minimum absolute atomic E-state index is 0.00673. The van der Waals surface area contributed by atoms with Crippen LogP contribution in [0.2, 0.25) is 0 Å². The second-order valence-electron chi connectivity index (χ2n) is 5.66. The van der Waals surface area contributed by atoms with Gasteiger partial charge in [-0.15, -0.1) is 11.3 Å². The van der Waals surface area contributed by atoms with Crippen LogP contribution in [0.5, 0.6) is 0 Å². The summed E-state index contributed by atoms with van der Waals surface area (Å²) in [6.45, 7) is 2.60. The Morgan fingerprint density at radius 2 is 2.12 bits per heavy atom. The number of hydrogen-bond acceptors (Lipinski definition) is 4. The monoisotopic (exact) mass is 419 g/mol. The van der Waals surface area contributed by atoms with Crippen molar-refractivity contribution in [2.45, 2.75) is 19.8 Å². The van der Waals surface area contributed by atoms with Gasteiger partial charge in [0.05, 0.1) is 32.2 Å². The van der Waals surface area contributed by atoms with Gasteiger partial charge in [-0.3, -0.25) is 9.59 Å². The van der Waals surface area contributed by atoms with Gasteiger partial charge >= 0.3 is 0 Å². The summed E-state index contributed by atoms with van der Waals surface area (Å²) in [6, 6.07) is 11.3. The van der Waals surface area contributed by atoms with Gasteiger partial charge in [0.15, 0.2) is 0 Å². The summed E-state index contributed by atoms with van der Waals surface area (Å²) in [6.07, 6.45) is 1.03. The maximum absolute atomic E-state index is 12.8. The molecule has 0 radical (unpaired) electrons. The van der Waals surface area contributed by atoms with Crippen molar-refractivity contribution in [3.63, 3.8) is 0 Å². The molecule has 3 rings (SSSR count). The van der Waals surface area contributed by atoms with Crippen LogP contribution in [0, 0.1) is 0 Å². The molecule has 2 amide bonds. The Bertz CT molecular complexity index is 831. The second kappa shape index (κ2) is 7.93. The Kier molecular flexibility index (Phi) is 5.65. The van der Waals surface area contributed by atoms with Gasteiger partial charge in [-0.2, -0.15) is 0 Å². The van der Waals surface area contributed by atoms with Gasteiger partial charge < -0.3 is 10.2 Å². The maximum atomic E-state index is 12.8. The number of hydrogen-bond donors (Lipinski definition) is 1. The van der Waals surface area contributed by atoms with E-state index in [1.165, 1.54) is 4.90 Å². The minimum Gasteiger partial charge on any atom is -0.355 e. The molecule has 0 spiro atoms. The Morgan fingerprint density at radius 3 is 2.84 bits per heavy atom. The van der Waals surface area contributed by atoms with Crippen molar-refractivity contribution in [2.24, 2.45) is 4.99 Å². The van der Waals surface area contributed by atoms with E-state index in [-0.39, 0.29) is 24.8 Å². The Morgan fingerprint density at radius 1 is 1.32 bits per heavy atom. The number of halogens is 1. The summed E-state index contributed by atoms with van der Waals surface area (Å²) in [7, 11) is 0. The number of para-hydroxylation sites is 2. The molecule has 1 aromatic heterocycles. The van der Waals surface area contributed by atoms with Crippen LogP contribution in [0.1, 0.15) is 24.6 Å². The molecule has 1 aromatic carbocycles. The summed E-state index contributed by atoms with van der Waals surface area (Å²) in [4.78, 5) is 32.2. The van der Waals surface area contributed by atoms with Crippen LogP contribution in [-0.2, 0) is 9.59 Å². The number of nitrogens with zero attached hydrogens (tertiary/aromatic N) is 2. The maximum Gasteiger partial charge on any atom is 0.240 e. The zero-order valence-electron chi connectivity index (χ0n) is 13.8. The van der Waals surface area contributed by atoms with Gasteiger partial charge in [0.1, 0.15) is 6.54 Å². The van der Waals surface area contributed by atoms with Crippen molar-refractivity contribution in [2.75, 3.05) is 18.0 Å². The van der Waals surface area contributed by atoms with E-state index in [4.69, 9.17) is 4.99 Å². The zero-order chi connectivity index (χ0) is 17.8. The number of benzene rings is 1. The number of aliphatic imine (C=N–C) groups is 1. The first kappa shape index (κ1) is 17.8. The number of nitrogens with one attached hydrogen (secondary N) is 1. The van der Waals surface area contributed by atoms with Gasteiger partial charge in [0, 0.05) is 6.54 Å². The average molecular weight is 420 g/mol. The lowest BCUT2D eigenvalue weighted by Gasteiger charge is -2.21. The van der Waals surface area contributed by atoms with Crippen molar-refractivity contribution in [1.29, 1.82) is 0 Å². The molecule has 0 saturated heterocycles. The molecule has 0 unspecified atom stereocenters. The van der Waals surface area contributed by atoms with Crippen molar-refractivity contribution in [3.8, 4) is 0 Å². The quantitative estimate of drug-likeness (QED) is 0.798. The molecule has 2 aromatic rings. The van der Waals surface area contributed by atoms with E-state index < -0.39 is 0 Å². The summed E-state index contributed by atoms with van der Waals surface area (Å²) in [5, 5.41) is 2.82. The molecule has 0 atom stereocenters. The van der Waals surface area contributed by atoms with Crippen molar-refractivity contribution < 1.29 is 9.59 Å². The SMILES string of the molecule is CCCNC(=O)CN1C(=O)CC(c2ccc(Br)s2)=Nc2ccccc21. The van der Waals surface area contributed by atoms with Crippen molar-refractivity contribution >= 4 is 56.2 Å². The lowest BCUT2D eigenvalue weighted by molar-refractivity contribution is -0.123. The third-order valence-corrected chi connectivity index (χ3v) is 5.45. The van der Waals surface area contributed by atoms with Gasteiger partial charge in [0.2, 0.25) is 11.8 Å². The van der Waals surface area contributed by atoms with Gasteiger partial charge in [-0.25, -0.2) is 4.99 Å². The summed E-state index contributed by atoms with van der Waals surface area (Å²) >= 11 is 4.99. The molecule has 0 saturated carbocycles. The molecule has 7 heteroatoms. The molecule has 1 aliphatic rings. The van der Waals surface area contributed by atoms with E-state index in [0.29, 0.717) is 17.9 Å². The highest BCUT2D eigenvalue weighted by Gasteiger charge is 2.26.